The Balaban J connectivity index is 2.66. The standard InChI is InChI=1S/C13H18O5S/c1-2-9-18-12(13(14)15)8-10-19(16,17)11-6-4-3-5-7-11/h3-7,12H,2,8-10H2,1H3,(H,14,15). The number of ether oxygens (including phenoxy) is 1. The van der Waals surface area contributed by atoms with Crippen LogP contribution in [0.15, 0.2) is 35.2 Å². The summed E-state index contributed by atoms with van der Waals surface area (Å²) >= 11 is 0. The van der Waals surface area contributed by atoms with Gasteiger partial charge in [0.2, 0.25) is 0 Å². The summed E-state index contributed by atoms with van der Waals surface area (Å²) in [5.74, 6) is -1.37. The van der Waals surface area contributed by atoms with E-state index >= 15 is 0 Å². The van der Waals surface area contributed by atoms with Crippen molar-refractivity contribution in [2.45, 2.75) is 30.8 Å². The molecule has 1 aromatic carbocycles. The minimum absolute atomic E-state index is 0.0490. The molecule has 0 saturated heterocycles. The average Bonchev–Trinajstić information content (AvgIpc) is 2.39. The molecule has 19 heavy (non-hydrogen) atoms. The summed E-state index contributed by atoms with van der Waals surface area (Å²) in [6.45, 7) is 2.17. The van der Waals surface area contributed by atoms with Crippen molar-refractivity contribution in [3.63, 3.8) is 0 Å². The second-order valence-electron chi connectivity index (χ2n) is 4.12. The molecule has 0 aliphatic heterocycles. The second kappa shape index (κ2) is 7.25. The Morgan fingerprint density at radius 1 is 1.32 bits per heavy atom. The van der Waals surface area contributed by atoms with Crippen molar-refractivity contribution in [3.8, 4) is 0 Å². The van der Waals surface area contributed by atoms with Crippen molar-refractivity contribution in [1.29, 1.82) is 0 Å². The van der Waals surface area contributed by atoms with E-state index in [1.165, 1.54) is 12.1 Å². The summed E-state index contributed by atoms with van der Waals surface area (Å²) in [6, 6.07) is 7.99. The molecule has 0 fully saturated rings. The first-order valence-corrected chi connectivity index (χ1v) is 7.75. The van der Waals surface area contributed by atoms with Crippen LogP contribution in [-0.4, -0.2) is 38.0 Å². The van der Waals surface area contributed by atoms with Crippen LogP contribution in [0.5, 0.6) is 0 Å². The van der Waals surface area contributed by atoms with Crippen molar-refractivity contribution in [2.75, 3.05) is 12.4 Å². The number of hydrogen-bond donors (Lipinski definition) is 1. The molecule has 6 heteroatoms. The normalized spacial score (nSPS) is 13.1. The molecule has 1 atom stereocenters. The Morgan fingerprint density at radius 2 is 1.95 bits per heavy atom. The molecule has 0 spiro atoms. The van der Waals surface area contributed by atoms with Gasteiger partial charge in [0.1, 0.15) is 0 Å². The lowest BCUT2D eigenvalue weighted by Gasteiger charge is -2.13. The maximum atomic E-state index is 12.0. The minimum atomic E-state index is -3.46. The van der Waals surface area contributed by atoms with Crippen molar-refractivity contribution < 1.29 is 23.1 Å². The SMILES string of the molecule is CCCOC(CCS(=O)(=O)c1ccccc1)C(=O)O. The van der Waals surface area contributed by atoms with Crippen LogP contribution >= 0.6 is 0 Å². The van der Waals surface area contributed by atoms with Crippen LogP contribution < -0.4 is 0 Å². The first-order valence-electron chi connectivity index (χ1n) is 6.09. The lowest BCUT2D eigenvalue weighted by molar-refractivity contribution is -0.150. The Bertz CT molecular complexity index is 495. The Morgan fingerprint density at radius 3 is 2.47 bits per heavy atom. The second-order valence-corrected chi connectivity index (χ2v) is 6.23. The lowest BCUT2D eigenvalue weighted by atomic mass is 10.3. The maximum absolute atomic E-state index is 12.0. The molecule has 0 amide bonds. The van der Waals surface area contributed by atoms with E-state index in [-0.39, 0.29) is 17.1 Å². The topological polar surface area (TPSA) is 80.7 Å². The highest BCUT2D eigenvalue weighted by atomic mass is 32.2. The minimum Gasteiger partial charge on any atom is -0.479 e. The molecule has 0 aliphatic carbocycles. The summed E-state index contributed by atoms with van der Waals surface area (Å²) in [5.41, 5.74) is 0. The van der Waals surface area contributed by atoms with Crippen molar-refractivity contribution in [3.05, 3.63) is 30.3 Å². The molecule has 5 nitrogen and oxygen atoms in total. The van der Waals surface area contributed by atoms with Gasteiger partial charge in [0.05, 0.1) is 10.6 Å². The van der Waals surface area contributed by atoms with Gasteiger partial charge in [-0.2, -0.15) is 0 Å². The Labute approximate surface area is 113 Å². The predicted molar refractivity (Wildman–Crippen MR) is 70.8 cm³/mol. The highest BCUT2D eigenvalue weighted by Gasteiger charge is 2.22. The highest BCUT2D eigenvalue weighted by Crippen LogP contribution is 2.13. The molecule has 106 valence electrons. The number of rotatable bonds is 8. The summed E-state index contributed by atoms with van der Waals surface area (Å²) in [5, 5.41) is 8.95. The summed E-state index contributed by atoms with van der Waals surface area (Å²) < 4.78 is 29.1. The predicted octanol–water partition coefficient (Wildman–Crippen LogP) is 1.73. The van der Waals surface area contributed by atoms with Gasteiger partial charge in [0.25, 0.3) is 0 Å². The van der Waals surface area contributed by atoms with E-state index < -0.39 is 21.9 Å². The molecule has 0 radical (unpaired) electrons. The van der Waals surface area contributed by atoms with Gasteiger partial charge in [-0.3, -0.25) is 0 Å². The monoisotopic (exact) mass is 286 g/mol. The highest BCUT2D eigenvalue weighted by molar-refractivity contribution is 7.91. The zero-order valence-corrected chi connectivity index (χ0v) is 11.6. The fourth-order valence-electron chi connectivity index (χ4n) is 1.55. The van der Waals surface area contributed by atoms with Gasteiger partial charge < -0.3 is 9.84 Å². The van der Waals surface area contributed by atoms with Gasteiger partial charge in [-0.1, -0.05) is 25.1 Å². The van der Waals surface area contributed by atoms with Crippen LogP contribution in [0.2, 0.25) is 0 Å². The number of carbonyl (C=O) groups is 1. The number of sulfone groups is 1. The van der Waals surface area contributed by atoms with E-state index in [4.69, 9.17) is 9.84 Å². The van der Waals surface area contributed by atoms with Gasteiger partial charge >= 0.3 is 5.97 Å². The van der Waals surface area contributed by atoms with Gasteiger partial charge in [-0.05, 0) is 25.0 Å². The third-order valence-corrected chi connectivity index (χ3v) is 4.31. The van der Waals surface area contributed by atoms with Crippen molar-refractivity contribution in [1.82, 2.24) is 0 Å². The third kappa shape index (κ3) is 5.00. The summed E-state index contributed by atoms with van der Waals surface area (Å²) in [6.07, 6.45) is -0.430. The van der Waals surface area contributed by atoms with E-state index in [0.29, 0.717) is 13.0 Å². The van der Waals surface area contributed by atoms with E-state index in [1.807, 2.05) is 6.92 Å². The Kier molecular flexibility index (Phi) is 5.98. The van der Waals surface area contributed by atoms with Crippen LogP contribution in [0.25, 0.3) is 0 Å². The number of carboxylic acids is 1. The number of aliphatic carboxylic acids is 1. The average molecular weight is 286 g/mol. The molecule has 1 rings (SSSR count). The molecule has 0 bridgehead atoms. The van der Waals surface area contributed by atoms with E-state index in [0.717, 1.165) is 0 Å². The largest absolute Gasteiger partial charge is 0.479 e. The maximum Gasteiger partial charge on any atom is 0.332 e. The van der Waals surface area contributed by atoms with Gasteiger partial charge in [0, 0.05) is 6.61 Å². The number of hydrogen-bond acceptors (Lipinski definition) is 4. The molecular formula is C13H18O5S. The molecular weight excluding hydrogens is 268 g/mol. The molecule has 0 saturated carbocycles. The fraction of sp³-hybridized carbons (Fsp3) is 0.462. The molecule has 0 aliphatic rings. The van der Waals surface area contributed by atoms with E-state index in [2.05, 4.69) is 0 Å². The summed E-state index contributed by atoms with van der Waals surface area (Å²) in [7, 11) is -3.46. The van der Waals surface area contributed by atoms with Crippen LogP contribution in [0.4, 0.5) is 0 Å². The zero-order valence-electron chi connectivity index (χ0n) is 10.8. The third-order valence-electron chi connectivity index (χ3n) is 2.55. The quantitative estimate of drug-likeness (QED) is 0.787. The number of carboxylic acid groups (broad SMARTS) is 1. The van der Waals surface area contributed by atoms with Gasteiger partial charge in [-0.25, -0.2) is 13.2 Å². The first kappa shape index (κ1) is 15.7. The van der Waals surface area contributed by atoms with Crippen LogP contribution in [0.1, 0.15) is 19.8 Å². The van der Waals surface area contributed by atoms with Crippen molar-refractivity contribution >= 4 is 15.8 Å². The van der Waals surface area contributed by atoms with E-state index in [9.17, 15) is 13.2 Å². The molecule has 1 N–H and O–H groups in total. The van der Waals surface area contributed by atoms with E-state index in [1.54, 1.807) is 18.2 Å². The lowest BCUT2D eigenvalue weighted by Crippen LogP contribution is -2.27. The van der Waals surface area contributed by atoms with Crippen LogP contribution in [-0.2, 0) is 19.4 Å². The van der Waals surface area contributed by atoms with Crippen LogP contribution in [0, 0.1) is 0 Å². The number of benzene rings is 1. The molecule has 1 aromatic rings. The Hall–Kier alpha value is -1.40. The van der Waals surface area contributed by atoms with Crippen molar-refractivity contribution in [2.24, 2.45) is 0 Å². The van der Waals surface area contributed by atoms with Gasteiger partial charge in [-0.15, -0.1) is 0 Å². The van der Waals surface area contributed by atoms with Crippen LogP contribution in [0.3, 0.4) is 0 Å². The van der Waals surface area contributed by atoms with Gasteiger partial charge in [0.15, 0.2) is 15.9 Å². The fourth-order valence-corrected chi connectivity index (χ4v) is 2.88. The smallest absolute Gasteiger partial charge is 0.332 e. The first-order chi connectivity index (χ1) is 8.97. The zero-order chi connectivity index (χ0) is 14.3. The molecule has 0 heterocycles. The molecule has 0 aromatic heterocycles. The molecule has 1 unspecified atom stereocenters. The summed E-state index contributed by atoms with van der Waals surface area (Å²) in [4.78, 5) is 11.1.